The Morgan fingerprint density at radius 1 is 0.204 bits per heavy atom. The molecule has 103 heavy (non-hydrogen) atoms. The van der Waals surface area contributed by atoms with E-state index in [1.165, 1.54) is 0 Å². The van der Waals surface area contributed by atoms with Gasteiger partial charge in [-0.25, -0.2) is 13.3 Å². The van der Waals surface area contributed by atoms with Crippen LogP contribution in [0.15, 0.2) is 0 Å². The zero-order chi connectivity index (χ0) is 74.2. The molecule has 0 aliphatic carbocycles. The Morgan fingerprint density at radius 2 is 0.330 bits per heavy atom. The van der Waals surface area contributed by atoms with Crippen molar-refractivity contribution in [3.05, 3.63) is 0 Å². The zero-order valence-electron chi connectivity index (χ0n) is 63.1. The van der Waals surface area contributed by atoms with Crippen LogP contribution in [0, 0.1) is 0 Å². The molecule has 0 radical (unpaired) electrons. The standard InChI is InChI=1S/C68H138ClNO32S/c1-68(2,70-69)6-66-103(71,72)67-65-102-64-63-101-62-61-100-60-59-99-58-57-98-56-51-95-48-45-92-40-36-87-30-26-82-20-16-77-10-5-9-76-15-19-81-25-29-86-35-39-91-44-47-94-50-53-97-55-54-96-52-49-93-46-43-90-38-34-85-28-24-80-18-14-75-8-4-7-74-13-17-79-23-27-84-33-37-89-42-41-88-32-31-83-22-21-78-12-11-73-3/h70H,4-67H2,1-3H3. The topological polar surface area (TPSA) is 323 Å². The third-order valence-electron chi connectivity index (χ3n) is 13.1. The molecule has 0 aromatic carbocycles. The first kappa shape index (κ1) is 102. The summed E-state index contributed by atoms with van der Waals surface area (Å²) in [5.74, 6) is 0.0158. The van der Waals surface area contributed by atoms with Crippen LogP contribution in [0.25, 0.3) is 0 Å². The molecule has 0 rings (SSSR count). The van der Waals surface area contributed by atoms with E-state index in [4.69, 9.17) is 154 Å². The minimum Gasteiger partial charge on any atom is -0.382 e. The minimum atomic E-state index is -3.20. The van der Waals surface area contributed by atoms with Crippen molar-refractivity contribution < 1.29 is 151 Å². The van der Waals surface area contributed by atoms with E-state index in [0.717, 1.165) is 12.8 Å². The molecule has 0 amide bonds. The van der Waals surface area contributed by atoms with E-state index >= 15 is 0 Å². The maximum absolute atomic E-state index is 12.1. The van der Waals surface area contributed by atoms with Gasteiger partial charge in [0.15, 0.2) is 9.84 Å². The minimum absolute atomic E-state index is 0.0329. The van der Waals surface area contributed by atoms with Crippen molar-refractivity contribution in [3.8, 4) is 0 Å². The van der Waals surface area contributed by atoms with Gasteiger partial charge in [0.2, 0.25) is 0 Å². The van der Waals surface area contributed by atoms with E-state index in [1.54, 1.807) is 7.11 Å². The first-order chi connectivity index (χ1) is 50.8. The Labute approximate surface area is 621 Å². The molecule has 0 unspecified atom stereocenters. The number of nitrogens with one attached hydrogen (secondary N) is 1. The van der Waals surface area contributed by atoms with Gasteiger partial charge in [-0.3, -0.25) is 0 Å². The van der Waals surface area contributed by atoms with Gasteiger partial charge in [-0.15, -0.1) is 0 Å². The molecular weight excluding hydrogens is 1410 g/mol. The number of hydrogen-bond acceptors (Lipinski definition) is 33. The summed E-state index contributed by atoms with van der Waals surface area (Å²) in [6.45, 7) is 32.5. The Bertz CT molecular complexity index is 1680. The van der Waals surface area contributed by atoms with E-state index in [1.807, 2.05) is 13.8 Å². The van der Waals surface area contributed by atoms with Gasteiger partial charge in [0.1, 0.15) is 0 Å². The third-order valence-corrected chi connectivity index (χ3v) is 15.2. The van der Waals surface area contributed by atoms with Crippen LogP contribution in [-0.4, -0.2) is 422 Å². The van der Waals surface area contributed by atoms with Crippen LogP contribution in [0.2, 0.25) is 0 Å². The summed E-state index contributed by atoms with van der Waals surface area (Å²) < 4.78 is 189. The van der Waals surface area contributed by atoms with Crippen molar-refractivity contribution in [3.63, 3.8) is 0 Å². The summed E-state index contributed by atoms with van der Waals surface area (Å²) in [5, 5.41) is 0. The molecule has 0 aliphatic rings. The van der Waals surface area contributed by atoms with Crippen molar-refractivity contribution in [2.45, 2.75) is 38.6 Å². The van der Waals surface area contributed by atoms with E-state index < -0.39 is 15.4 Å². The molecule has 35 heteroatoms. The van der Waals surface area contributed by atoms with Crippen molar-refractivity contribution in [2.75, 3.05) is 408 Å². The maximum atomic E-state index is 12.1. The molecule has 0 aliphatic heterocycles. The molecule has 0 heterocycles. The predicted molar refractivity (Wildman–Crippen MR) is 381 cm³/mol. The van der Waals surface area contributed by atoms with Crippen LogP contribution in [-0.2, 0) is 152 Å². The summed E-state index contributed by atoms with van der Waals surface area (Å²) in [5.41, 5.74) is -0.449. The lowest BCUT2D eigenvalue weighted by molar-refractivity contribution is -0.0291. The average molecular weight is 1550 g/mol. The quantitative estimate of drug-likeness (QED) is 0.0674. The Balaban J connectivity index is 3.12. The second-order valence-corrected chi connectivity index (χ2v) is 24.8. The Kier molecular flexibility index (Phi) is 89.0. The lowest BCUT2D eigenvalue weighted by Crippen LogP contribution is -2.35. The van der Waals surface area contributed by atoms with Crippen molar-refractivity contribution in [2.24, 2.45) is 0 Å². The fraction of sp³-hybridized carbons (Fsp3) is 1.00. The normalized spacial score (nSPS) is 12.2. The van der Waals surface area contributed by atoms with Gasteiger partial charge in [0, 0.05) is 39.1 Å². The number of rotatable bonds is 96. The first-order valence-electron chi connectivity index (χ1n) is 36.6. The van der Waals surface area contributed by atoms with E-state index in [0.29, 0.717) is 390 Å². The molecule has 0 spiro atoms. The number of ether oxygens (including phenoxy) is 30. The van der Waals surface area contributed by atoms with Gasteiger partial charge in [0.05, 0.1) is 375 Å². The van der Waals surface area contributed by atoms with Gasteiger partial charge in [-0.2, -0.15) is 0 Å². The van der Waals surface area contributed by atoms with Crippen LogP contribution < -0.4 is 4.84 Å². The van der Waals surface area contributed by atoms with Gasteiger partial charge in [-0.05, 0) is 44.9 Å². The highest BCUT2D eigenvalue weighted by atomic mass is 35.5. The monoisotopic (exact) mass is 1550 g/mol. The molecule has 620 valence electrons. The summed E-state index contributed by atoms with van der Waals surface area (Å²) >= 11 is 5.63. The van der Waals surface area contributed by atoms with Crippen LogP contribution in [0.5, 0.6) is 0 Å². The highest BCUT2D eigenvalue weighted by Crippen LogP contribution is 2.11. The molecule has 0 aromatic heterocycles. The van der Waals surface area contributed by atoms with Gasteiger partial charge in [0.25, 0.3) is 0 Å². The molecule has 0 atom stereocenters. The molecule has 0 aromatic rings. The number of halogens is 1. The second kappa shape index (κ2) is 89.9. The largest absolute Gasteiger partial charge is 0.382 e. The van der Waals surface area contributed by atoms with Crippen LogP contribution >= 0.6 is 11.8 Å². The molecule has 33 nitrogen and oxygen atoms in total. The number of hydrogen-bond donors (Lipinski definition) is 1. The molecule has 0 bridgehead atoms. The molecule has 0 saturated carbocycles. The Hall–Kier alpha value is -1.00. The fourth-order valence-electron chi connectivity index (χ4n) is 7.44. The van der Waals surface area contributed by atoms with Gasteiger partial charge >= 0.3 is 0 Å². The predicted octanol–water partition coefficient (Wildman–Crippen LogP) is 2.22. The molecule has 0 fully saturated rings. The molecule has 1 N–H and O–H groups in total. The smallest absolute Gasteiger partial charge is 0.152 e. The van der Waals surface area contributed by atoms with Crippen LogP contribution in [0.1, 0.15) is 33.1 Å². The second-order valence-electron chi connectivity index (χ2n) is 22.3. The zero-order valence-corrected chi connectivity index (χ0v) is 64.7. The lowest BCUT2D eigenvalue weighted by atomic mass is 10.0. The van der Waals surface area contributed by atoms with E-state index in [9.17, 15) is 8.42 Å². The van der Waals surface area contributed by atoms with Crippen LogP contribution in [0.3, 0.4) is 0 Å². The van der Waals surface area contributed by atoms with Gasteiger partial charge in [-0.1, -0.05) is 0 Å². The summed E-state index contributed by atoms with van der Waals surface area (Å²) in [4.78, 5) is 2.59. The lowest BCUT2D eigenvalue weighted by Gasteiger charge is -2.21. The summed E-state index contributed by atoms with van der Waals surface area (Å²) in [6.07, 6.45) is 2.01. The fourth-order valence-corrected chi connectivity index (χ4v) is 8.93. The van der Waals surface area contributed by atoms with Crippen molar-refractivity contribution in [1.29, 1.82) is 0 Å². The number of methoxy groups -OCH3 is 1. The van der Waals surface area contributed by atoms with Gasteiger partial charge < -0.3 is 142 Å². The van der Waals surface area contributed by atoms with E-state index in [-0.39, 0.29) is 18.1 Å². The molecular formula is C68H138ClNO32S. The third kappa shape index (κ3) is 93.3. The average Bonchev–Trinajstić information content (AvgIpc) is 0.938. The SMILES string of the molecule is COCCOCCOCCOCCOCCOCCOCCOCCCOCCOCCOCCOCCOCCOCCOCCOCCOCCOCCOCCOCCCOCCOCCOCCOCCOCCOCCOCCOCCOCCOCCS(=O)(=O)CCC(C)(C)NCl. The Morgan fingerprint density at radius 3 is 0.466 bits per heavy atom. The highest BCUT2D eigenvalue weighted by Gasteiger charge is 2.21. The first-order valence-corrected chi connectivity index (χ1v) is 38.8. The summed E-state index contributed by atoms with van der Waals surface area (Å²) in [7, 11) is -1.56. The van der Waals surface area contributed by atoms with E-state index in [2.05, 4.69) is 4.84 Å². The van der Waals surface area contributed by atoms with Crippen molar-refractivity contribution in [1.82, 2.24) is 4.84 Å². The number of sulfone groups is 1. The van der Waals surface area contributed by atoms with Crippen LogP contribution in [0.4, 0.5) is 0 Å². The van der Waals surface area contributed by atoms with Crippen molar-refractivity contribution >= 4 is 21.6 Å². The summed E-state index contributed by atoms with van der Waals surface area (Å²) in [6, 6.07) is 0. The highest BCUT2D eigenvalue weighted by molar-refractivity contribution is 7.91. The maximum Gasteiger partial charge on any atom is 0.152 e. The molecule has 0 saturated heterocycles.